The molecule has 0 radical (unpaired) electrons. The summed E-state index contributed by atoms with van der Waals surface area (Å²) in [4.78, 5) is 13.4. The summed E-state index contributed by atoms with van der Waals surface area (Å²) in [5.74, 6) is 1.87. The van der Waals surface area contributed by atoms with Crippen LogP contribution in [0.2, 0.25) is 0 Å². The Bertz CT molecular complexity index is 1170. The molecule has 0 aromatic heterocycles. The quantitative estimate of drug-likeness (QED) is 0.806. The van der Waals surface area contributed by atoms with Crippen LogP contribution in [-0.4, -0.2) is 19.7 Å². The van der Waals surface area contributed by atoms with Gasteiger partial charge in [0.2, 0.25) is 6.79 Å². The standard InChI is InChI=1S/C25H22N2O4/c1-14-19(12-26)24(16-5-8-22-23(11-16)31-13-30-22)25-20(27-14)9-17(10-21(25)28)15-3-6-18(29-2)7-4-15/h3-8,11,17,24,27H,9-10,13H2,1-2H3/t17-,24+/m0/s1. The second-order valence-electron chi connectivity index (χ2n) is 8.01. The second kappa shape index (κ2) is 7.51. The molecule has 2 heterocycles. The van der Waals surface area contributed by atoms with Gasteiger partial charge in [0.15, 0.2) is 17.3 Å². The lowest BCUT2D eigenvalue weighted by atomic mass is 9.72. The van der Waals surface area contributed by atoms with E-state index >= 15 is 0 Å². The van der Waals surface area contributed by atoms with Gasteiger partial charge in [-0.05, 0) is 54.7 Å². The van der Waals surface area contributed by atoms with Crippen LogP contribution in [0.25, 0.3) is 0 Å². The van der Waals surface area contributed by atoms with E-state index in [1.54, 1.807) is 7.11 Å². The van der Waals surface area contributed by atoms with E-state index in [1.807, 2.05) is 49.4 Å². The van der Waals surface area contributed by atoms with Crippen LogP contribution < -0.4 is 19.5 Å². The van der Waals surface area contributed by atoms with E-state index in [-0.39, 0.29) is 18.5 Å². The molecule has 31 heavy (non-hydrogen) atoms. The summed E-state index contributed by atoms with van der Waals surface area (Å²) in [6.07, 6.45) is 1.12. The number of rotatable bonds is 3. The maximum atomic E-state index is 13.4. The van der Waals surface area contributed by atoms with Gasteiger partial charge in [0.05, 0.1) is 24.7 Å². The molecule has 0 spiro atoms. The highest BCUT2D eigenvalue weighted by molar-refractivity contribution is 6.00. The molecule has 2 aromatic rings. The lowest BCUT2D eigenvalue weighted by molar-refractivity contribution is -0.116. The fourth-order valence-corrected chi connectivity index (χ4v) is 4.72. The molecule has 6 nitrogen and oxygen atoms in total. The van der Waals surface area contributed by atoms with Crippen molar-refractivity contribution in [3.8, 4) is 23.3 Å². The normalized spacial score (nSPS) is 22.0. The number of nitrogens with zero attached hydrogens (tertiary/aromatic N) is 1. The van der Waals surface area contributed by atoms with Crippen LogP contribution in [0.15, 0.2) is 65.0 Å². The molecule has 0 saturated heterocycles. The number of carbonyl (C=O) groups is 1. The highest BCUT2D eigenvalue weighted by atomic mass is 16.7. The molecular weight excluding hydrogens is 392 g/mol. The number of carbonyl (C=O) groups excluding carboxylic acids is 1. The van der Waals surface area contributed by atoms with Gasteiger partial charge >= 0.3 is 0 Å². The number of benzene rings is 2. The van der Waals surface area contributed by atoms with E-state index in [1.165, 1.54) is 0 Å². The van der Waals surface area contributed by atoms with Gasteiger partial charge in [-0.25, -0.2) is 0 Å². The largest absolute Gasteiger partial charge is 0.497 e. The van der Waals surface area contributed by atoms with Crippen LogP contribution in [0.4, 0.5) is 0 Å². The molecule has 2 aliphatic heterocycles. The molecule has 2 atom stereocenters. The van der Waals surface area contributed by atoms with Crippen LogP contribution in [0, 0.1) is 11.3 Å². The Balaban J connectivity index is 1.55. The molecule has 0 bridgehead atoms. The first-order chi connectivity index (χ1) is 15.1. The lowest BCUT2D eigenvalue weighted by Gasteiger charge is -2.35. The van der Waals surface area contributed by atoms with E-state index < -0.39 is 5.92 Å². The summed E-state index contributed by atoms with van der Waals surface area (Å²) in [5, 5.41) is 13.3. The third-order valence-electron chi connectivity index (χ3n) is 6.27. The molecule has 1 aliphatic carbocycles. The van der Waals surface area contributed by atoms with E-state index in [0.717, 1.165) is 28.3 Å². The average Bonchev–Trinajstić information content (AvgIpc) is 3.26. The van der Waals surface area contributed by atoms with Gasteiger partial charge in [0.25, 0.3) is 0 Å². The van der Waals surface area contributed by atoms with Crippen LogP contribution >= 0.6 is 0 Å². The van der Waals surface area contributed by atoms with Crippen LogP contribution in [0.5, 0.6) is 17.2 Å². The molecule has 6 heteroatoms. The molecule has 3 aliphatic rings. The maximum absolute atomic E-state index is 13.4. The van der Waals surface area contributed by atoms with Gasteiger partial charge in [-0.15, -0.1) is 0 Å². The Hall–Kier alpha value is -3.72. The van der Waals surface area contributed by atoms with Crippen LogP contribution in [0.1, 0.15) is 42.7 Å². The van der Waals surface area contributed by atoms with E-state index in [9.17, 15) is 10.1 Å². The number of nitriles is 1. The molecular formula is C25H22N2O4. The summed E-state index contributed by atoms with van der Waals surface area (Å²) >= 11 is 0. The monoisotopic (exact) mass is 414 g/mol. The number of methoxy groups -OCH3 is 1. The first-order valence-electron chi connectivity index (χ1n) is 10.3. The number of nitrogens with one attached hydrogen (secondary N) is 1. The molecule has 1 N–H and O–H groups in total. The highest BCUT2D eigenvalue weighted by Gasteiger charge is 2.39. The number of hydrogen-bond acceptors (Lipinski definition) is 6. The van der Waals surface area contributed by atoms with E-state index in [4.69, 9.17) is 14.2 Å². The molecule has 0 unspecified atom stereocenters. The summed E-state index contributed by atoms with van der Waals surface area (Å²) < 4.78 is 16.2. The number of allylic oxidation sites excluding steroid dienone is 4. The van der Waals surface area contributed by atoms with Gasteiger partial charge in [0.1, 0.15) is 5.75 Å². The predicted molar refractivity (Wildman–Crippen MR) is 114 cm³/mol. The minimum atomic E-state index is -0.403. The van der Waals surface area contributed by atoms with Gasteiger partial charge in [0, 0.05) is 23.4 Å². The highest BCUT2D eigenvalue weighted by Crippen LogP contribution is 2.47. The minimum absolute atomic E-state index is 0.0671. The van der Waals surface area contributed by atoms with Crippen LogP contribution in [0.3, 0.4) is 0 Å². The third kappa shape index (κ3) is 3.23. The number of hydrogen-bond donors (Lipinski definition) is 1. The first kappa shape index (κ1) is 19.3. The van der Waals surface area contributed by atoms with Crippen LogP contribution in [-0.2, 0) is 4.79 Å². The molecule has 2 aromatic carbocycles. The maximum Gasteiger partial charge on any atom is 0.231 e. The molecule has 5 rings (SSSR count). The zero-order chi connectivity index (χ0) is 21.5. The van der Waals surface area contributed by atoms with Gasteiger partial charge in [-0.2, -0.15) is 5.26 Å². The Morgan fingerprint density at radius 2 is 1.81 bits per heavy atom. The number of ketones is 1. The Kier molecular flexibility index (Phi) is 4.67. The zero-order valence-electron chi connectivity index (χ0n) is 17.4. The van der Waals surface area contributed by atoms with Gasteiger partial charge in [-0.1, -0.05) is 18.2 Å². The van der Waals surface area contributed by atoms with Crippen molar-refractivity contribution >= 4 is 5.78 Å². The summed E-state index contributed by atoms with van der Waals surface area (Å²) in [7, 11) is 1.64. The van der Waals surface area contributed by atoms with Crippen molar-refractivity contribution in [2.45, 2.75) is 31.6 Å². The molecule has 0 amide bonds. The number of dihydropyridines is 1. The SMILES string of the molecule is COc1ccc([C@@H]2CC(=O)C3=C(C2)NC(C)=C(C#N)[C@H]3c2ccc3c(c2)OCO3)cc1. The fourth-order valence-electron chi connectivity index (χ4n) is 4.72. The predicted octanol–water partition coefficient (Wildman–Crippen LogP) is 4.31. The average molecular weight is 414 g/mol. The van der Waals surface area contributed by atoms with Crippen molar-refractivity contribution < 1.29 is 19.0 Å². The third-order valence-corrected chi connectivity index (χ3v) is 6.27. The van der Waals surface area contributed by atoms with E-state index in [2.05, 4.69) is 11.4 Å². The smallest absolute Gasteiger partial charge is 0.231 e. The topological polar surface area (TPSA) is 80.6 Å². The van der Waals surface area contributed by atoms with Crippen molar-refractivity contribution in [1.29, 1.82) is 5.26 Å². The van der Waals surface area contributed by atoms with Crippen molar-refractivity contribution in [3.63, 3.8) is 0 Å². The number of fused-ring (bicyclic) bond motifs is 1. The molecule has 156 valence electrons. The van der Waals surface area contributed by atoms with E-state index in [0.29, 0.717) is 35.5 Å². The van der Waals surface area contributed by atoms with Crippen molar-refractivity contribution in [2.75, 3.05) is 13.9 Å². The minimum Gasteiger partial charge on any atom is -0.497 e. The van der Waals surface area contributed by atoms with Crippen molar-refractivity contribution in [3.05, 3.63) is 76.1 Å². The fraction of sp³-hybridized carbons (Fsp3) is 0.280. The summed E-state index contributed by atoms with van der Waals surface area (Å²) in [5.41, 5.74) is 4.91. The van der Waals surface area contributed by atoms with Gasteiger partial charge in [-0.3, -0.25) is 4.79 Å². The van der Waals surface area contributed by atoms with Crippen molar-refractivity contribution in [2.24, 2.45) is 0 Å². The number of Topliss-reactive ketones (excluding diaryl/α,β-unsaturated/α-hetero) is 1. The number of ether oxygens (including phenoxy) is 3. The Morgan fingerprint density at radius 1 is 1.06 bits per heavy atom. The summed E-state index contributed by atoms with van der Waals surface area (Å²) in [6.45, 7) is 2.07. The second-order valence-corrected chi connectivity index (χ2v) is 8.01. The Labute approximate surface area is 180 Å². The molecule has 0 saturated carbocycles. The zero-order valence-corrected chi connectivity index (χ0v) is 17.4. The van der Waals surface area contributed by atoms with Crippen molar-refractivity contribution in [1.82, 2.24) is 5.32 Å². The summed E-state index contributed by atoms with van der Waals surface area (Å²) in [6, 6.07) is 15.9. The molecule has 0 fully saturated rings. The van der Waals surface area contributed by atoms with Gasteiger partial charge < -0.3 is 19.5 Å². The first-order valence-corrected chi connectivity index (χ1v) is 10.3. The Morgan fingerprint density at radius 3 is 2.55 bits per heavy atom. The lowest BCUT2D eigenvalue weighted by Crippen LogP contribution is -2.33.